The first-order valence-electron chi connectivity index (χ1n) is 9.58. The van der Waals surface area contributed by atoms with Crippen LogP contribution in [0.2, 0.25) is 0 Å². The minimum Gasteiger partial charge on any atom is -0.444 e. The molecule has 1 aliphatic rings. The lowest BCUT2D eigenvalue weighted by molar-refractivity contribution is 0.0388. The van der Waals surface area contributed by atoms with Gasteiger partial charge in [-0.05, 0) is 82.6 Å². The van der Waals surface area contributed by atoms with Crippen molar-refractivity contribution >= 4 is 16.2 Å². The summed E-state index contributed by atoms with van der Waals surface area (Å²) in [5.41, 5.74) is 1.04. The van der Waals surface area contributed by atoms with Crippen molar-refractivity contribution in [2.45, 2.75) is 69.9 Å². The average Bonchev–Trinajstić information content (AvgIpc) is 2.55. The first-order chi connectivity index (χ1) is 12.9. The summed E-state index contributed by atoms with van der Waals surface area (Å²) in [6.45, 7) is 8.69. The molecule has 8 heteroatoms. The van der Waals surface area contributed by atoms with Gasteiger partial charge in [0.05, 0.1) is 4.90 Å². The van der Waals surface area contributed by atoms with Gasteiger partial charge in [0.2, 0.25) is 0 Å². The number of alkyl carbamates (subject to hydrolysis) is 1. The molecule has 2 unspecified atom stereocenters. The van der Waals surface area contributed by atoms with Crippen LogP contribution in [0.15, 0.2) is 23.1 Å². The quantitative estimate of drug-likeness (QED) is 0.692. The normalized spacial score (nSPS) is 19.1. The highest BCUT2D eigenvalue weighted by atomic mass is 32.2. The maximum Gasteiger partial charge on any atom is 0.407 e. The second kappa shape index (κ2) is 9.24. The summed E-state index contributed by atoms with van der Waals surface area (Å²) >= 11 is 0. The van der Waals surface area contributed by atoms with E-state index in [-0.39, 0.29) is 10.9 Å². The summed E-state index contributed by atoms with van der Waals surface area (Å²) in [6, 6.07) is 4.26. The summed E-state index contributed by atoms with van der Waals surface area (Å²) in [4.78, 5) is 12.2. The van der Waals surface area contributed by atoms with Gasteiger partial charge in [-0.1, -0.05) is 6.07 Å². The van der Waals surface area contributed by atoms with Crippen LogP contribution in [0.4, 0.5) is 4.79 Å². The Kier molecular flexibility index (Phi) is 7.47. The van der Waals surface area contributed by atoms with Crippen molar-refractivity contribution in [2.24, 2.45) is 5.92 Å². The molecule has 0 bridgehead atoms. The van der Waals surface area contributed by atoms with Crippen LogP contribution in [0.5, 0.6) is 0 Å². The standard InChI is InChI=1S/C20H31NO6S/c1-14-7-8-18(28(23,24)25)12-16(14)11-17(10-15-6-5-9-26-13-15)21-19(22)27-20(2,3)4/h7-8,12,15,17H,5-6,9-11,13H2,1-4H3,(H,21,22)(H,23,24,25). The van der Waals surface area contributed by atoms with Gasteiger partial charge in [0.1, 0.15) is 5.60 Å². The fraction of sp³-hybridized carbons (Fsp3) is 0.650. The highest BCUT2D eigenvalue weighted by molar-refractivity contribution is 7.85. The molecule has 0 aliphatic carbocycles. The molecule has 158 valence electrons. The largest absolute Gasteiger partial charge is 0.444 e. The van der Waals surface area contributed by atoms with Crippen LogP contribution in [-0.2, 0) is 26.0 Å². The minimum atomic E-state index is -4.28. The summed E-state index contributed by atoms with van der Waals surface area (Å²) in [6.07, 6.45) is 2.65. The fourth-order valence-corrected chi connectivity index (χ4v) is 3.89. The molecule has 2 rings (SSSR count). The predicted molar refractivity (Wildman–Crippen MR) is 106 cm³/mol. The molecule has 0 aromatic heterocycles. The molecule has 28 heavy (non-hydrogen) atoms. The van der Waals surface area contributed by atoms with Crippen molar-refractivity contribution in [3.8, 4) is 0 Å². The van der Waals surface area contributed by atoms with Gasteiger partial charge in [-0.3, -0.25) is 4.55 Å². The third-order valence-corrected chi connectivity index (χ3v) is 5.53. The second-order valence-electron chi connectivity index (χ2n) is 8.43. The molecular formula is C20H31NO6S. The smallest absolute Gasteiger partial charge is 0.407 e. The van der Waals surface area contributed by atoms with Crippen molar-refractivity contribution in [1.82, 2.24) is 5.32 Å². The van der Waals surface area contributed by atoms with Crippen LogP contribution >= 0.6 is 0 Å². The van der Waals surface area contributed by atoms with Gasteiger partial charge in [0.15, 0.2) is 0 Å². The Morgan fingerprint density at radius 3 is 2.68 bits per heavy atom. The highest BCUT2D eigenvalue weighted by Gasteiger charge is 2.25. The zero-order chi connectivity index (χ0) is 20.9. The maximum atomic E-state index is 12.3. The molecule has 1 heterocycles. The molecular weight excluding hydrogens is 382 g/mol. The monoisotopic (exact) mass is 413 g/mol. The van der Waals surface area contributed by atoms with E-state index >= 15 is 0 Å². The van der Waals surface area contributed by atoms with Crippen molar-refractivity contribution in [3.63, 3.8) is 0 Å². The Morgan fingerprint density at radius 1 is 1.39 bits per heavy atom. The van der Waals surface area contributed by atoms with Crippen LogP contribution in [0.25, 0.3) is 0 Å². The van der Waals surface area contributed by atoms with E-state index in [2.05, 4.69) is 5.32 Å². The number of carbonyl (C=O) groups is 1. The van der Waals surface area contributed by atoms with Crippen molar-refractivity contribution < 1.29 is 27.2 Å². The molecule has 1 fully saturated rings. The average molecular weight is 414 g/mol. The first-order valence-corrected chi connectivity index (χ1v) is 11.0. The van der Waals surface area contributed by atoms with Crippen LogP contribution in [0.3, 0.4) is 0 Å². The maximum absolute atomic E-state index is 12.3. The van der Waals surface area contributed by atoms with Gasteiger partial charge in [-0.25, -0.2) is 4.79 Å². The van der Waals surface area contributed by atoms with Gasteiger partial charge in [-0.15, -0.1) is 0 Å². The number of amides is 1. The van der Waals surface area contributed by atoms with E-state index in [0.717, 1.165) is 30.6 Å². The van der Waals surface area contributed by atoms with Gasteiger partial charge in [-0.2, -0.15) is 8.42 Å². The predicted octanol–water partition coefficient (Wildman–Crippen LogP) is 3.49. The van der Waals surface area contributed by atoms with E-state index in [1.165, 1.54) is 12.1 Å². The van der Waals surface area contributed by atoms with Gasteiger partial charge < -0.3 is 14.8 Å². The Morgan fingerprint density at radius 2 is 2.11 bits per heavy atom. The molecule has 1 aromatic rings. The number of benzene rings is 1. The molecule has 1 aliphatic heterocycles. The molecule has 0 saturated carbocycles. The molecule has 1 amide bonds. The zero-order valence-corrected chi connectivity index (χ0v) is 17.8. The van der Waals surface area contributed by atoms with Crippen LogP contribution < -0.4 is 5.32 Å². The van der Waals surface area contributed by atoms with E-state index in [1.807, 2.05) is 6.92 Å². The van der Waals surface area contributed by atoms with Crippen LogP contribution in [-0.4, -0.2) is 43.9 Å². The Labute approximate surface area is 167 Å². The molecule has 1 aromatic carbocycles. The molecule has 1 saturated heterocycles. The summed E-state index contributed by atoms with van der Waals surface area (Å²) in [5, 5.41) is 2.93. The molecule has 2 N–H and O–H groups in total. The fourth-order valence-electron chi connectivity index (χ4n) is 3.36. The summed E-state index contributed by atoms with van der Waals surface area (Å²) < 4.78 is 43.2. The number of ether oxygens (including phenoxy) is 2. The van der Waals surface area contributed by atoms with Gasteiger partial charge >= 0.3 is 6.09 Å². The number of aryl methyl sites for hydroxylation is 1. The van der Waals surface area contributed by atoms with E-state index in [9.17, 15) is 17.8 Å². The summed E-state index contributed by atoms with van der Waals surface area (Å²) in [7, 11) is -4.28. The lowest BCUT2D eigenvalue weighted by Gasteiger charge is -2.29. The van der Waals surface area contributed by atoms with E-state index in [1.54, 1.807) is 26.8 Å². The van der Waals surface area contributed by atoms with E-state index in [0.29, 0.717) is 25.4 Å². The van der Waals surface area contributed by atoms with Crippen LogP contribution in [0, 0.1) is 12.8 Å². The lowest BCUT2D eigenvalue weighted by Crippen LogP contribution is -2.42. The Balaban J connectivity index is 2.19. The number of hydrogen-bond acceptors (Lipinski definition) is 5. The minimum absolute atomic E-state index is 0.148. The number of nitrogens with one attached hydrogen (secondary N) is 1. The Bertz CT molecular complexity index is 778. The van der Waals surface area contributed by atoms with Crippen molar-refractivity contribution in [3.05, 3.63) is 29.3 Å². The molecule has 2 atom stereocenters. The summed E-state index contributed by atoms with van der Waals surface area (Å²) in [5.74, 6) is 0.318. The molecule has 0 spiro atoms. The van der Waals surface area contributed by atoms with Gasteiger partial charge in [0.25, 0.3) is 10.1 Å². The van der Waals surface area contributed by atoms with E-state index < -0.39 is 21.8 Å². The first kappa shape index (κ1) is 22.6. The lowest BCUT2D eigenvalue weighted by atomic mass is 9.90. The SMILES string of the molecule is Cc1ccc(S(=O)(=O)O)cc1CC(CC1CCCOC1)NC(=O)OC(C)(C)C. The number of rotatable bonds is 6. The third kappa shape index (κ3) is 7.41. The molecule has 7 nitrogen and oxygen atoms in total. The third-order valence-electron chi connectivity index (χ3n) is 4.68. The van der Waals surface area contributed by atoms with Crippen molar-refractivity contribution in [1.29, 1.82) is 0 Å². The Hall–Kier alpha value is -1.64. The zero-order valence-electron chi connectivity index (χ0n) is 17.0. The van der Waals surface area contributed by atoms with Crippen molar-refractivity contribution in [2.75, 3.05) is 13.2 Å². The molecule has 0 radical (unpaired) electrons. The van der Waals surface area contributed by atoms with Crippen LogP contribution in [0.1, 0.15) is 51.2 Å². The second-order valence-corrected chi connectivity index (χ2v) is 9.85. The number of hydrogen-bond donors (Lipinski definition) is 2. The van der Waals surface area contributed by atoms with E-state index in [4.69, 9.17) is 9.47 Å². The number of carbonyl (C=O) groups excluding carboxylic acids is 1. The highest BCUT2D eigenvalue weighted by Crippen LogP contribution is 2.23. The topological polar surface area (TPSA) is 102 Å². The van der Waals surface area contributed by atoms with Gasteiger partial charge in [0, 0.05) is 19.3 Å².